The first kappa shape index (κ1) is 19.8. The van der Waals surface area contributed by atoms with Crippen LogP contribution in [0.5, 0.6) is 0 Å². The maximum atomic E-state index is 12.9. The van der Waals surface area contributed by atoms with Gasteiger partial charge in [0.1, 0.15) is 0 Å². The fraction of sp³-hybridized carbons (Fsp3) is 0.700. The van der Waals surface area contributed by atoms with Crippen LogP contribution in [0.2, 0.25) is 0 Å². The molecule has 3 rings (SSSR count). The first-order valence-corrected chi connectivity index (χ1v) is 11.2. The second-order valence-corrected chi connectivity index (χ2v) is 9.88. The lowest BCUT2D eigenvalue weighted by Crippen LogP contribution is -2.54. The summed E-state index contributed by atoms with van der Waals surface area (Å²) in [6.07, 6.45) is 4.06. The van der Waals surface area contributed by atoms with Gasteiger partial charge in [-0.2, -0.15) is 17.0 Å². The number of morpholine rings is 1. The lowest BCUT2D eigenvalue weighted by Gasteiger charge is -2.39. The van der Waals surface area contributed by atoms with Crippen LogP contribution in [0.1, 0.15) is 44.2 Å². The topological polar surface area (TPSA) is 49.9 Å². The van der Waals surface area contributed by atoms with Gasteiger partial charge in [0.25, 0.3) is 10.2 Å². The normalized spacial score (nSPS) is 26.9. The summed E-state index contributed by atoms with van der Waals surface area (Å²) in [6.45, 7) is 8.18. The van der Waals surface area contributed by atoms with Crippen molar-refractivity contribution in [2.75, 3.05) is 26.2 Å². The SMILES string of the molecule is Cc1ccc(CCC2CCN(S(=O)(=O)N3C[C@@H](C)O[C@H](C)C3)CC2)cc1. The molecule has 146 valence electrons. The molecule has 6 heteroatoms. The average molecular weight is 381 g/mol. The smallest absolute Gasteiger partial charge is 0.282 e. The van der Waals surface area contributed by atoms with Crippen molar-refractivity contribution < 1.29 is 13.2 Å². The number of benzene rings is 1. The maximum absolute atomic E-state index is 12.9. The third-order valence-electron chi connectivity index (χ3n) is 5.57. The van der Waals surface area contributed by atoms with Gasteiger partial charge in [0, 0.05) is 26.2 Å². The molecule has 1 aromatic rings. The van der Waals surface area contributed by atoms with E-state index in [9.17, 15) is 8.42 Å². The predicted octanol–water partition coefficient (Wildman–Crippen LogP) is 2.99. The Morgan fingerprint density at radius 3 is 2.15 bits per heavy atom. The van der Waals surface area contributed by atoms with E-state index in [4.69, 9.17) is 4.74 Å². The monoisotopic (exact) mass is 380 g/mol. The first-order valence-electron chi connectivity index (χ1n) is 9.81. The van der Waals surface area contributed by atoms with Crippen molar-refractivity contribution in [3.8, 4) is 0 Å². The van der Waals surface area contributed by atoms with Gasteiger partial charge in [-0.1, -0.05) is 29.8 Å². The highest BCUT2D eigenvalue weighted by molar-refractivity contribution is 7.86. The van der Waals surface area contributed by atoms with E-state index in [0.717, 1.165) is 25.7 Å². The highest BCUT2D eigenvalue weighted by atomic mass is 32.2. The minimum Gasteiger partial charge on any atom is -0.373 e. The van der Waals surface area contributed by atoms with Crippen LogP contribution in [0.15, 0.2) is 24.3 Å². The van der Waals surface area contributed by atoms with Gasteiger partial charge in [-0.3, -0.25) is 0 Å². The Labute approximate surface area is 158 Å². The third kappa shape index (κ3) is 4.85. The quantitative estimate of drug-likeness (QED) is 0.789. The van der Waals surface area contributed by atoms with E-state index in [1.165, 1.54) is 11.1 Å². The zero-order valence-electron chi connectivity index (χ0n) is 16.2. The maximum Gasteiger partial charge on any atom is 0.282 e. The van der Waals surface area contributed by atoms with Gasteiger partial charge < -0.3 is 4.74 Å². The summed E-state index contributed by atoms with van der Waals surface area (Å²) < 4.78 is 34.9. The van der Waals surface area contributed by atoms with Crippen molar-refractivity contribution in [2.45, 2.75) is 58.7 Å². The van der Waals surface area contributed by atoms with E-state index in [-0.39, 0.29) is 12.2 Å². The number of nitrogens with zero attached hydrogens (tertiary/aromatic N) is 2. The van der Waals surface area contributed by atoms with E-state index in [1.807, 2.05) is 13.8 Å². The van der Waals surface area contributed by atoms with Crippen LogP contribution in [0.25, 0.3) is 0 Å². The van der Waals surface area contributed by atoms with Crippen molar-refractivity contribution >= 4 is 10.2 Å². The van der Waals surface area contributed by atoms with Gasteiger partial charge in [0.05, 0.1) is 12.2 Å². The fourth-order valence-electron chi connectivity index (χ4n) is 4.04. The van der Waals surface area contributed by atoms with Crippen LogP contribution < -0.4 is 0 Å². The molecule has 0 N–H and O–H groups in total. The molecule has 2 saturated heterocycles. The number of hydrogen-bond acceptors (Lipinski definition) is 3. The standard InChI is InChI=1S/C20H32N2O3S/c1-16-4-6-19(7-5-16)8-9-20-10-12-21(13-11-20)26(23,24)22-14-17(2)25-18(3)15-22/h4-7,17-18,20H,8-15H2,1-3H3/t17-,18-/m1/s1. The van der Waals surface area contributed by atoms with Crippen molar-refractivity contribution in [1.29, 1.82) is 0 Å². The van der Waals surface area contributed by atoms with Gasteiger partial charge in [0.2, 0.25) is 0 Å². The summed E-state index contributed by atoms with van der Waals surface area (Å²) >= 11 is 0. The molecule has 0 aliphatic carbocycles. The highest BCUT2D eigenvalue weighted by Gasteiger charge is 2.36. The molecule has 0 saturated carbocycles. The van der Waals surface area contributed by atoms with Gasteiger partial charge in [-0.05, 0) is 57.9 Å². The number of ether oxygens (including phenoxy) is 1. The Morgan fingerprint density at radius 1 is 1.00 bits per heavy atom. The molecule has 0 amide bonds. The molecule has 0 aromatic heterocycles. The van der Waals surface area contributed by atoms with E-state index < -0.39 is 10.2 Å². The van der Waals surface area contributed by atoms with Crippen LogP contribution in [0, 0.1) is 12.8 Å². The molecular formula is C20H32N2O3S. The lowest BCUT2D eigenvalue weighted by molar-refractivity contribution is -0.0456. The Balaban J connectivity index is 1.50. The molecule has 2 heterocycles. The molecule has 2 atom stereocenters. The number of piperidine rings is 1. The van der Waals surface area contributed by atoms with Crippen molar-refractivity contribution in [1.82, 2.24) is 8.61 Å². The molecule has 1 aromatic carbocycles. The van der Waals surface area contributed by atoms with Gasteiger partial charge >= 0.3 is 0 Å². The fourth-order valence-corrected chi connectivity index (χ4v) is 5.83. The Morgan fingerprint density at radius 2 is 1.58 bits per heavy atom. The van der Waals surface area contributed by atoms with Crippen LogP contribution in [-0.2, 0) is 21.4 Å². The third-order valence-corrected chi connectivity index (χ3v) is 7.54. The van der Waals surface area contributed by atoms with E-state index >= 15 is 0 Å². The Bertz CT molecular complexity index is 672. The van der Waals surface area contributed by atoms with Crippen LogP contribution in [0.4, 0.5) is 0 Å². The average Bonchev–Trinajstić information content (AvgIpc) is 2.61. The van der Waals surface area contributed by atoms with Gasteiger partial charge in [0.15, 0.2) is 0 Å². The van der Waals surface area contributed by atoms with Crippen molar-refractivity contribution in [3.63, 3.8) is 0 Å². The summed E-state index contributed by atoms with van der Waals surface area (Å²) in [7, 11) is -3.36. The van der Waals surface area contributed by atoms with Crippen LogP contribution in [-0.4, -0.2) is 55.4 Å². The first-order chi connectivity index (χ1) is 12.3. The largest absolute Gasteiger partial charge is 0.373 e. The number of aryl methyl sites for hydroxylation is 2. The molecule has 5 nitrogen and oxygen atoms in total. The van der Waals surface area contributed by atoms with E-state index in [2.05, 4.69) is 31.2 Å². The second kappa shape index (κ2) is 8.38. The second-order valence-electron chi connectivity index (χ2n) is 7.95. The summed E-state index contributed by atoms with van der Waals surface area (Å²) in [5, 5.41) is 0. The predicted molar refractivity (Wildman–Crippen MR) is 104 cm³/mol. The van der Waals surface area contributed by atoms with E-state index in [0.29, 0.717) is 32.1 Å². The highest BCUT2D eigenvalue weighted by Crippen LogP contribution is 2.26. The van der Waals surface area contributed by atoms with Gasteiger partial charge in [-0.15, -0.1) is 0 Å². The summed E-state index contributed by atoms with van der Waals surface area (Å²) in [6, 6.07) is 8.73. The number of hydrogen-bond donors (Lipinski definition) is 0. The molecule has 0 spiro atoms. The molecule has 26 heavy (non-hydrogen) atoms. The molecule has 0 unspecified atom stereocenters. The van der Waals surface area contributed by atoms with Gasteiger partial charge in [-0.25, -0.2) is 0 Å². The van der Waals surface area contributed by atoms with Crippen LogP contribution in [0.3, 0.4) is 0 Å². The number of rotatable bonds is 5. The summed E-state index contributed by atoms with van der Waals surface area (Å²) in [5.41, 5.74) is 2.67. The lowest BCUT2D eigenvalue weighted by atomic mass is 9.91. The summed E-state index contributed by atoms with van der Waals surface area (Å²) in [5.74, 6) is 0.616. The van der Waals surface area contributed by atoms with Crippen molar-refractivity contribution in [2.24, 2.45) is 5.92 Å². The zero-order valence-corrected chi connectivity index (χ0v) is 17.0. The molecule has 0 radical (unpaired) electrons. The van der Waals surface area contributed by atoms with Crippen LogP contribution >= 0.6 is 0 Å². The Kier molecular flexibility index (Phi) is 6.38. The van der Waals surface area contributed by atoms with Crippen molar-refractivity contribution in [3.05, 3.63) is 35.4 Å². The molecule has 2 aliphatic rings. The molecular weight excluding hydrogens is 348 g/mol. The minimum absolute atomic E-state index is 0.0411. The molecule has 2 fully saturated rings. The summed E-state index contributed by atoms with van der Waals surface area (Å²) in [4.78, 5) is 0. The minimum atomic E-state index is -3.36. The Hall–Kier alpha value is -0.950. The molecule has 0 bridgehead atoms. The zero-order chi connectivity index (χ0) is 18.7. The molecule has 2 aliphatic heterocycles. The van der Waals surface area contributed by atoms with E-state index in [1.54, 1.807) is 8.61 Å².